The molecule has 0 aliphatic heterocycles. The number of amides is 1. The highest BCUT2D eigenvalue weighted by Crippen LogP contribution is 2.25. The molecule has 1 N–H and O–H groups in total. The Kier molecular flexibility index (Phi) is 6.91. The van der Waals surface area contributed by atoms with E-state index in [1.165, 1.54) is 0 Å². The minimum Gasteiger partial charge on any atom is -0.481 e. The van der Waals surface area contributed by atoms with E-state index in [1.807, 2.05) is 45.0 Å². The van der Waals surface area contributed by atoms with Crippen molar-refractivity contribution in [2.45, 2.75) is 33.3 Å². The number of benzene rings is 3. The fraction of sp³-hybridized carbons (Fsp3) is 0.200. The zero-order chi connectivity index (χ0) is 21.7. The minimum atomic E-state index is -0.692. The molecule has 3 aromatic carbocycles. The number of nitrogens with one attached hydrogen (secondary N) is 1. The second kappa shape index (κ2) is 9.59. The quantitative estimate of drug-likeness (QED) is 0.477. The van der Waals surface area contributed by atoms with Gasteiger partial charge in [-0.15, -0.1) is 0 Å². The normalized spacial score (nSPS) is 11.6. The maximum absolute atomic E-state index is 13.0. The molecule has 3 rings (SSSR count). The summed E-state index contributed by atoms with van der Waals surface area (Å²) in [7, 11) is 0. The summed E-state index contributed by atoms with van der Waals surface area (Å²) >= 11 is 6.12. The van der Waals surface area contributed by atoms with Gasteiger partial charge in [0.2, 0.25) is 0 Å². The van der Waals surface area contributed by atoms with Gasteiger partial charge < -0.3 is 10.1 Å². The van der Waals surface area contributed by atoms with Gasteiger partial charge in [-0.1, -0.05) is 54.9 Å². The van der Waals surface area contributed by atoms with Crippen molar-refractivity contribution in [3.63, 3.8) is 0 Å². The van der Waals surface area contributed by atoms with Gasteiger partial charge in [-0.2, -0.15) is 0 Å². The number of ketones is 1. The lowest BCUT2D eigenvalue weighted by Crippen LogP contribution is -2.33. The Labute approximate surface area is 181 Å². The Bertz CT molecular complexity index is 1060. The lowest BCUT2D eigenvalue weighted by atomic mass is 10.0. The molecule has 0 bridgehead atoms. The number of hydrogen-bond acceptors (Lipinski definition) is 3. The first-order valence-electron chi connectivity index (χ1n) is 9.83. The summed E-state index contributed by atoms with van der Waals surface area (Å²) < 4.78 is 5.92. The summed E-state index contributed by atoms with van der Waals surface area (Å²) in [5, 5.41) is 3.26. The summed E-state index contributed by atoms with van der Waals surface area (Å²) in [6, 6.07) is 19.5. The van der Waals surface area contributed by atoms with Gasteiger partial charge in [0.25, 0.3) is 5.91 Å². The van der Waals surface area contributed by atoms with Crippen LogP contribution in [0.3, 0.4) is 0 Å². The molecule has 30 heavy (non-hydrogen) atoms. The number of rotatable bonds is 7. The van der Waals surface area contributed by atoms with E-state index in [1.54, 1.807) is 42.5 Å². The lowest BCUT2D eigenvalue weighted by molar-refractivity contribution is -0.122. The molecule has 4 nitrogen and oxygen atoms in total. The zero-order valence-corrected chi connectivity index (χ0v) is 18.0. The fourth-order valence-electron chi connectivity index (χ4n) is 3.05. The van der Waals surface area contributed by atoms with Crippen molar-refractivity contribution in [3.8, 4) is 5.75 Å². The Morgan fingerprint density at radius 1 is 0.967 bits per heavy atom. The van der Waals surface area contributed by atoms with Crippen molar-refractivity contribution < 1.29 is 14.3 Å². The van der Waals surface area contributed by atoms with Crippen molar-refractivity contribution in [1.29, 1.82) is 0 Å². The molecule has 0 heterocycles. The largest absolute Gasteiger partial charge is 0.481 e. The van der Waals surface area contributed by atoms with Crippen LogP contribution in [0.15, 0.2) is 66.7 Å². The molecular formula is C25H24ClNO3. The van der Waals surface area contributed by atoms with Crippen LogP contribution in [0, 0.1) is 13.8 Å². The predicted molar refractivity (Wildman–Crippen MR) is 121 cm³/mol. The average molecular weight is 422 g/mol. The predicted octanol–water partition coefficient (Wildman–Crippen LogP) is 5.98. The van der Waals surface area contributed by atoms with E-state index in [0.717, 1.165) is 11.1 Å². The van der Waals surface area contributed by atoms with Crippen LogP contribution in [0.2, 0.25) is 5.02 Å². The van der Waals surface area contributed by atoms with Crippen molar-refractivity contribution in [2.75, 3.05) is 5.32 Å². The molecule has 1 amide bonds. The van der Waals surface area contributed by atoms with Gasteiger partial charge in [-0.25, -0.2) is 0 Å². The molecule has 0 saturated carbocycles. The number of aryl methyl sites for hydroxylation is 2. The van der Waals surface area contributed by atoms with Crippen molar-refractivity contribution >= 4 is 29.0 Å². The van der Waals surface area contributed by atoms with E-state index in [-0.39, 0.29) is 11.7 Å². The lowest BCUT2D eigenvalue weighted by Gasteiger charge is -2.19. The molecule has 0 spiro atoms. The number of carbonyl (C=O) groups is 2. The minimum absolute atomic E-state index is 0.212. The molecular weight excluding hydrogens is 398 g/mol. The fourth-order valence-corrected chi connectivity index (χ4v) is 3.22. The van der Waals surface area contributed by atoms with Crippen LogP contribution >= 0.6 is 11.6 Å². The SMILES string of the molecule is CC[C@@H](Oc1ccc(C)c(C)c1)C(=O)Nc1ccc(Cl)cc1C(=O)c1ccccc1. The monoisotopic (exact) mass is 421 g/mol. The Morgan fingerprint density at radius 3 is 2.37 bits per heavy atom. The third-order valence-corrected chi connectivity index (χ3v) is 5.18. The van der Waals surface area contributed by atoms with E-state index in [9.17, 15) is 9.59 Å². The highest BCUT2D eigenvalue weighted by molar-refractivity contribution is 6.31. The first-order chi connectivity index (χ1) is 14.4. The van der Waals surface area contributed by atoms with Crippen LogP contribution in [0.5, 0.6) is 5.75 Å². The van der Waals surface area contributed by atoms with Gasteiger partial charge in [0, 0.05) is 16.1 Å². The van der Waals surface area contributed by atoms with Gasteiger partial charge in [-0.05, 0) is 61.7 Å². The molecule has 3 aromatic rings. The molecule has 154 valence electrons. The highest BCUT2D eigenvalue weighted by Gasteiger charge is 2.22. The Hall–Kier alpha value is -3.11. The zero-order valence-electron chi connectivity index (χ0n) is 17.2. The van der Waals surface area contributed by atoms with Crippen LogP contribution in [-0.4, -0.2) is 17.8 Å². The Balaban J connectivity index is 1.83. The van der Waals surface area contributed by atoms with Crippen molar-refractivity contribution in [1.82, 2.24) is 0 Å². The van der Waals surface area contributed by atoms with Gasteiger partial charge in [0.1, 0.15) is 5.75 Å². The van der Waals surface area contributed by atoms with Crippen LogP contribution < -0.4 is 10.1 Å². The van der Waals surface area contributed by atoms with E-state index in [2.05, 4.69) is 5.32 Å². The molecule has 0 aliphatic rings. The van der Waals surface area contributed by atoms with E-state index < -0.39 is 6.10 Å². The smallest absolute Gasteiger partial charge is 0.265 e. The molecule has 5 heteroatoms. The van der Waals surface area contributed by atoms with Gasteiger partial charge >= 0.3 is 0 Å². The standard InChI is InChI=1S/C25H24ClNO3/c1-4-23(30-20-12-10-16(2)17(3)14-20)25(29)27-22-13-11-19(26)15-21(22)24(28)18-8-6-5-7-9-18/h5-15,23H,4H2,1-3H3,(H,27,29)/t23-/m1/s1. The molecule has 0 saturated heterocycles. The van der Waals surface area contributed by atoms with Crippen molar-refractivity contribution in [2.24, 2.45) is 0 Å². The Morgan fingerprint density at radius 2 is 1.70 bits per heavy atom. The molecule has 1 atom stereocenters. The number of carbonyl (C=O) groups excluding carboxylic acids is 2. The van der Waals surface area contributed by atoms with Gasteiger partial charge in [0.05, 0.1) is 5.69 Å². The second-order valence-corrected chi connectivity index (χ2v) is 7.57. The molecule has 0 unspecified atom stereocenters. The first kappa shape index (κ1) is 21.6. The number of halogens is 1. The van der Waals surface area contributed by atoms with Crippen molar-refractivity contribution in [3.05, 3.63) is 94.0 Å². The highest BCUT2D eigenvalue weighted by atomic mass is 35.5. The molecule has 0 radical (unpaired) electrons. The summed E-state index contributed by atoms with van der Waals surface area (Å²) in [4.78, 5) is 25.9. The summed E-state index contributed by atoms with van der Waals surface area (Å²) in [6.45, 7) is 5.90. The molecule has 0 fully saturated rings. The van der Waals surface area contributed by atoms with E-state index in [4.69, 9.17) is 16.3 Å². The number of ether oxygens (including phenoxy) is 1. The molecule has 0 aromatic heterocycles. The maximum Gasteiger partial charge on any atom is 0.265 e. The van der Waals surface area contributed by atoms with Gasteiger partial charge in [0.15, 0.2) is 11.9 Å². The van der Waals surface area contributed by atoms with Crippen LogP contribution in [-0.2, 0) is 4.79 Å². The first-order valence-corrected chi connectivity index (χ1v) is 10.2. The maximum atomic E-state index is 13.0. The third kappa shape index (κ3) is 5.08. The summed E-state index contributed by atoms with van der Waals surface area (Å²) in [5.41, 5.74) is 3.51. The topological polar surface area (TPSA) is 55.4 Å². The number of anilines is 1. The van der Waals surface area contributed by atoms with Crippen LogP contribution in [0.1, 0.15) is 40.4 Å². The number of hydrogen-bond donors (Lipinski definition) is 1. The molecule has 0 aliphatic carbocycles. The van der Waals surface area contributed by atoms with Crippen LogP contribution in [0.25, 0.3) is 0 Å². The third-order valence-electron chi connectivity index (χ3n) is 4.94. The van der Waals surface area contributed by atoms with Crippen LogP contribution in [0.4, 0.5) is 5.69 Å². The second-order valence-electron chi connectivity index (χ2n) is 7.14. The van der Waals surface area contributed by atoms with E-state index >= 15 is 0 Å². The van der Waals surface area contributed by atoms with Gasteiger partial charge in [-0.3, -0.25) is 9.59 Å². The average Bonchev–Trinajstić information content (AvgIpc) is 2.75. The summed E-state index contributed by atoms with van der Waals surface area (Å²) in [6.07, 6.45) is -0.212. The summed E-state index contributed by atoms with van der Waals surface area (Å²) in [5.74, 6) is 0.105. The van der Waals surface area contributed by atoms with E-state index in [0.29, 0.717) is 34.0 Å².